The van der Waals surface area contributed by atoms with Gasteiger partial charge < -0.3 is 0 Å². The summed E-state index contributed by atoms with van der Waals surface area (Å²) >= 11 is 6.19. The number of aryl methyl sites for hydroxylation is 1. The molecule has 0 saturated carbocycles. The van der Waals surface area contributed by atoms with E-state index in [1.54, 1.807) is 40.9 Å². The summed E-state index contributed by atoms with van der Waals surface area (Å²) in [6.45, 7) is 0. The smallest absolute Gasteiger partial charge is 0.279 e. The summed E-state index contributed by atoms with van der Waals surface area (Å²) in [5.41, 5.74) is 1.54. The molecule has 0 radical (unpaired) electrons. The van der Waals surface area contributed by atoms with Gasteiger partial charge in [-0.05, 0) is 42.5 Å². The van der Waals surface area contributed by atoms with E-state index in [-0.39, 0.29) is 17.0 Å². The zero-order valence-corrected chi connectivity index (χ0v) is 15.8. The third kappa shape index (κ3) is 2.60. The molecule has 9 heteroatoms. The Kier molecular flexibility index (Phi) is 3.72. The van der Waals surface area contributed by atoms with Crippen molar-refractivity contribution in [2.24, 2.45) is 7.05 Å². The van der Waals surface area contributed by atoms with Crippen molar-refractivity contribution >= 4 is 28.5 Å². The summed E-state index contributed by atoms with van der Waals surface area (Å²) in [7, 11) is 1.54. The molecule has 0 unspecified atom stereocenters. The Morgan fingerprint density at radius 3 is 2.59 bits per heavy atom. The first-order valence-electron chi connectivity index (χ1n) is 8.69. The largest absolute Gasteiger partial charge is 0.329 e. The number of nitrogens with zero attached hydrogens (tertiary/aromatic N) is 4. The van der Waals surface area contributed by atoms with E-state index in [0.29, 0.717) is 22.2 Å². The lowest BCUT2D eigenvalue weighted by atomic mass is 10.1. The van der Waals surface area contributed by atoms with Gasteiger partial charge in [0.15, 0.2) is 11.2 Å². The summed E-state index contributed by atoms with van der Waals surface area (Å²) < 4.78 is 18.2. The number of nitrogens with one attached hydrogen (secondary N) is 1. The molecular formula is C20H13ClFN5O2. The van der Waals surface area contributed by atoms with Crippen LogP contribution in [0.2, 0.25) is 5.02 Å². The van der Waals surface area contributed by atoms with Gasteiger partial charge >= 0.3 is 5.69 Å². The summed E-state index contributed by atoms with van der Waals surface area (Å²) in [4.78, 5) is 31.3. The van der Waals surface area contributed by atoms with Crippen molar-refractivity contribution in [1.29, 1.82) is 0 Å². The lowest BCUT2D eigenvalue weighted by Crippen LogP contribution is -2.28. The molecule has 3 heterocycles. The molecule has 7 nitrogen and oxygen atoms in total. The highest BCUT2D eigenvalue weighted by Gasteiger charge is 2.20. The highest BCUT2D eigenvalue weighted by atomic mass is 35.5. The molecule has 2 aromatic carbocycles. The van der Waals surface area contributed by atoms with Crippen molar-refractivity contribution in [2.75, 3.05) is 0 Å². The number of aromatic nitrogens is 5. The Morgan fingerprint density at radius 1 is 1.10 bits per heavy atom. The van der Waals surface area contributed by atoms with Gasteiger partial charge in [-0.25, -0.2) is 9.18 Å². The Hall–Kier alpha value is -3.65. The third-order valence-electron chi connectivity index (χ3n) is 4.83. The Balaban J connectivity index is 1.95. The average molecular weight is 410 g/mol. The molecule has 0 aliphatic heterocycles. The monoisotopic (exact) mass is 409 g/mol. The van der Waals surface area contributed by atoms with Gasteiger partial charge in [-0.15, -0.1) is 0 Å². The van der Waals surface area contributed by atoms with E-state index in [1.165, 1.54) is 23.7 Å². The molecule has 0 saturated heterocycles. The lowest BCUT2D eigenvalue weighted by Gasteiger charge is -2.09. The normalized spacial score (nSPS) is 11.6. The highest BCUT2D eigenvalue weighted by molar-refractivity contribution is 6.30. The maximum atomic E-state index is 13.4. The number of benzene rings is 2. The first kappa shape index (κ1) is 17.4. The maximum Gasteiger partial charge on any atom is 0.329 e. The Morgan fingerprint density at radius 2 is 1.86 bits per heavy atom. The standard InChI is InChI=1S/C20H13ClFN5O2/c1-25-17-16(18(28)24-20(25)29)26-10-15(11-5-7-13(22)8-6-11)27(19(26)23-17)14-4-2-3-12(21)9-14/h2-10H,1H3,(H,24,28,29). The van der Waals surface area contributed by atoms with Crippen LogP contribution >= 0.6 is 11.6 Å². The summed E-state index contributed by atoms with van der Waals surface area (Å²) in [5, 5.41) is 0.528. The zero-order valence-electron chi connectivity index (χ0n) is 15.1. The van der Waals surface area contributed by atoms with E-state index >= 15 is 0 Å². The molecule has 0 fully saturated rings. The lowest BCUT2D eigenvalue weighted by molar-refractivity contribution is 0.628. The molecule has 5 aromatic rings. The molecule has 0 bridgehead atoms. The number of hydrogen-bond donors (Lipinski definition) is 1. The van der Waals surface area contributed by atoms with Gasteiger partial charge in [-0.2, -0.15) is 4.98 Å². The van der Waals surface area contributed by atoms with Crippen LogP contribution in [-0.4, -0.2) is 23.5 Å². The molecule has 0 spiro atoms. The minimum atomic E-state index is -0.545. The highest BCUT2D eigenvalue weighted by Crippen LogP contribution is 2.29. The van der Waals surface area contributed by atoms with Crippen molar-refractivity contribution in [3.63, 3.8) is 0 Å². The topological polar surface area (TPSA) is 77.1 Å². The first-order valence-corrected chi connectivity index (χ1v) is 9.06. The van der Waals surface area contributed by atoms with Crippen LogP contribution in [0.1, 0.15) is 0 Å². The minimum absolute atomic E-state index is 0.242. The molecular weight excluding hydrogens is 397 g/mol. The fourth-order valence-electron chi connectivity index (χ4n) is 3.45. The van der Waals surface area contributed by atoms with Crippen LogP contribution in [0.5, 0.6) is 0 Å². The number of imidazole rings is 2. The second-order valence-corrected chi connectivity index (χ2v) is 7.05. The molecule has 0 aliphatic carbocycles. The maximum absolute atomic E-state index is 13.4. The molecule has 144 valence electrons. The quantitative estimate of drug-likeness (QED) is 0.486. The number of fused-ring (bicyclic) bond motifs is 3. The fraction of sp³-hybridized carbons (Fsp3) is 0.0500. The number of hydrogen-bond acceptors (Lipinski definition) is 3. The van der Waals surface area contributed by atoms with Crippen molar-refractivity contribution in [3.8, 4) is 16.9 Å². The number of halogens is 2. The van der Waals surface area contributed by atoms with Crippen LogP contribution < -0.4 is 11.2 Å². The Labute approximate surface area is 167 Å². The number of H-pyrrole nitrogens is 1. The molecule has 5 rings (SSSR count). The van der Waals surface area contributed by atoms with Crippen LogP contribution in [0.15, 0.2) is 64.3 Å². The van der Waals surface area contributed by atoms with Crippen LogP contribution in [0.4, 0.5) is 4.39 Å². The molecule has 29 heavy (non-hydrogen) atoms. The van der Waals surface area contributed by atoms with E-state index in [9.17, 15) is 14.0 Å². The van der Waals surface area contributed by atoms with Gasteiger partial charge in [0.25, 0.3) is 5.56 Å². The van der Waals surface area contributed by atoms with Crippen LogP contribution in [0.3, 0.4) is 0 Å². The van der Waals surface area contributed by atoms with E-state index in [1.807, 2.05) is 10.6 Å². The minimum Gasteiger partial charge on any atom is -0.279 e. The van der Waals surface area contributed by atoms with Gasteiger partial charge in [0, 0.05) is 23.8 Å². The van der Waals surface area contributed by atoms with Crippen LogP contribution in [-0.2, 0) is 7.05 Å². The molecule has 0 amide bonds. The van der Waals surface area contributed by atoms with Gasteiger partial charge in [0.05, 0.1) is 11.4 Å². The predicted octanol–water partition coefficient (Wildman–Crippen LogP) is 3.12. The van der Waals surface area contributed by atoms with Gasteiger partial charge in [0.1, 0.15) is 5.82 Å². The van der Waals surface area contributed by atoms with Gasteiger partial charge in [-0.3, -0.25) is 23.3 Å². The van der Waals surface area contributed by atoms with Crippen LogP contribution in [0.25, 0.3) is 33.9 Å². The SMILES string of the molecule is Cn1c(=O)[nH]c(=O)c2c1nc1n(-c3cccc(Cl)c3)c(-c3ccc(F)cc3)cn21. The molecule has 3 aromatic heterocycles. The van der Waals surface area contributed by atoms with Crippen molar-refractivity contribution < 1.29 is 4.39 Å². The Bertz CT molecular complexity index is 1530. The van der Waals surface area contributed by atoms with Crippen LogP contribution in [0, 0.1) is 5.82 Å². The predicted molar refractivity (Wildman–Crippen MR) is 108 cm³/mol. The molecule has 1 N–H and O–H groups in total. The van der Waals surface area contributed by atoms with E-state index in [0.717, 1.165) is 5.56 Å². The van der Waals surface area contributed by atoms with E-state index < -0.39 is 11.2 Å². The van der Waals surface area contributed by atoms with E-state index in [4.69, 9.17) is 11.6 Å². The summed E-state index contributed by atoms with van der Waals surface area (Å²) in [5.74, 6) is 0.0737. The summed E-state index contributed by atoms with van der Waals surface area (Å²) in [6.07, 6.45) is 1.73. The average Bonchev–Trinajstić information content (AvgIpc) is 3.23. The third-order valence-corrected chi connectivity index (χ3v) is 5.07. The van der Waals surface area contributed by atoms with Gasteiger partial charge in [0.2, 0.25) is 5.78 Å². The van der Waals surface area contributed by atoms with Crippen molar-refractivity contribution in [3.05, 3.63) is 86.4 Å². The van der Waals surface area contributed by atoms with E-state index in [2.05, 4.69) is 9.97 Å². The second kappa shape index (κ2) is 6.18. The number of rotatable bonds is 2. The molecule has 0 aliphatic rings. The van der Waals surface area contributed by atoms with Crippen molar-refractivity contribution in [2.45, 2.75) is 0 Å². The second-order valence-electron chi connectivity index (χ2n) is 6.61. The van der Waals surface area contributed by atoms with Crippen molar-refractivity contribution in [1.82, 2.24) is 23.5 Å². The number of aromatic amines is 1. The zero-order chi connectivity index (χ0) is 20.3. The molecule has 0 atom stereocenters. The summed E-state index contributed by atoms with van der Waals surface area (Å²) in [6, 6.07) is 13.2. The fourth-order valence-corrected chi connectivity index (χ4v) is 3.64. The van der Waals surface area contributed by atoms with Gasteiger partial charge in [-0.1, -0.05) is 17.7 Å². The first-order chi connectivity index (χ1) is 13.9.